The first-order valence-electron chi connectivity index (χ1n) is 15.0. The van der Waals surface area contributed by atoms with Gasteiger partial charge in [0.1, 0.15) is 24.2 Å². The van der Waals surface area contributed by atoms with Gasteiger partial charge in [-0.1, -0.05) is 76.8 Å². The third kappa shape index (κ3) is 5.11. The fourth-order valence-electron chi connectivity index (χ4n) is 8.22. The van der Waals surface area contributed by atoms with Gasteiger partial charge >= 0.3 is 5.97 Å². The molecule has 2 bridgehead atoms. The number of carbonyl (C=O) groups excluding carboxylic acids is 3. The number of aliphatic hydroxyl groups is 1. The van der Waals surface area contributed by atoms with E-state index in [2.05, 4.69) is 33.9 Å². The molecule has 7 atom stereocenters. The summed E-state index contributed by atoms with van der Waals surface area (Å²) in [7, 11) is 0. The van der Waals surface area contributed by atoms with E-state index < -0.39 is 53.2 Å². The number of esters is 1. The Morgan fingerprint density at radius 2 is 1.83 bits per heavy atom. The van der Waals surface area contributed by atoms with Gasteiger partial charge in [0.15, 0.2) is 0 Å². The standard InChI is InChI=1S/C34H48N2O6/c1-10-17-35(32(7,8)21-31(4,5)6)29(39)27-34-19-22(3)33(9,42-34)26(30(40)41-18-11-2)25(34)28(38)36(27)24(20-37)23-15-13-12-14-16-23/h10-16,22,24-27,37H,1-2,17-21H2,3-9H3/t22?,24-,25+,26+,27?,33-,34?/m1/s1. The van der Waals surface area contributed by atoms with E-state index in [4.69, 9.17) is 9.47 Å². The minimum Gasteiger partial charge on any atom is -0.461 e. The highest BCUT2D eigenvalue weighted by atomic mass is 16.6. The Hall–Kier alpha value is -2.97. The van der Waals surface area contributed by atoms with Crippen LogP contribution >= 0.6 is 0 Å². The molecule has 1 spiro atoms. The zero-order valence-corrected chi connectivity index (χ0v) is 26.3. The second kappa shape index (κ2) is 11.3. The molecule has 1 aromatic carbocycles. The average Bonchev–Trinajstić information content (AvgIpc) is 3.42. The lowest BCUT2D eigenvalue weighted by molar-refractivity contribution is -0.164. The van der Waals surface area contributed by atoms with Crippen LogP contribution in [-0.4, -0.2) is 75.2 Å². The van der Waals surface area contributed by atoms with Crippen molar-refractivity contribution in [1.29, 1.82) is 0 Å². The molecule has 3 aliphatic rings. The summed E-state index contributed by atoms with van der Waals surface area (Å²) in [6, 6.07) is 7.35. The summed E-state index contributed by atoms with van der Waals surface area (Å²) in [4.78, 5) is 46.6. The number of amides is 2. The molecule has 0 aliphatic carbocycles. The number of fused-ring (bicyclic) bond motifs is 1. The van der Waals surface area contributed by atoms with E-state index >= 15 is 4.79 Å². The summed E-state index contributed by atoms with van der Waals surface area (Å²) in [5.41, 5.74) is -2.24. The van der Waals surface area contributed by atoms with Crippen LogP contribution < -0.4 is 0 Å². The number of carbonyl (C=O) groups is 3. The maximum Gasteiger partial charge on any atom is 0.313 e. The van der Waals surface area contributed by atoms with Crippen molar-refractivity contribution in [2.45, 2.75) is 90.1 Å². The molecule has 3 aliphatic heterocycles. The van der Waals surface area contributed by atoms with Crippen LogP contribution in [0.5, 0.6) is 0 Å². The molecule has 1 aromatic rings. The van der Waals surface area contributed by atoms with Gasteiger partial charge in [-0.25, -0.2) is 0 Å². The average molecular weight is 581 g/mol. The third-order valence-electron chi connectivity index (χ3n) is 9.55. The van der Waals surface area contributed by atoms with Crippen molar-refractivity contribution in [2.24, 2.45) is 23.2 Å². The maximum absolute atomic E-state index is 15.1. The lowest BCUT2D eigenvalue weighted by atomic mass is 9.62. The first-order valence-corrected chi connectivity index (χ1v) is 15.0. The molecule has 3 heterocycles. The van der Waals surface area contributed by atoms with E-state index in [-0.39, 0.29) is 36.3 Å². The van der Waals surface area contributed by atoms with E-state index in [0.29, 0.717) is 18.4 Å². The summed E-state index contributed by atoms with van der Waals surface area (Å²) in [5.74, 6) is -3.14. The fourth-order valence-corrected chi connectivity index (χ4v) is 8.22. The largest absolute Gasteiger partial charge is 0.461 e. The highest BCUT2D eigenvalue weighted by Gasteiger charge is 2.81. The van der Waals surface area contributed by atoms with Crippen molar-refractivity contribution < 1.29 is 29.0 Å². The lowest BCUT2D eigenvalue weighted by Gasteiger charge is -2.46. The first-order chi connectivity index (χ1) is 19.6. The van der Waals surface area contributed by atoms with Crippen molar-refractivity contribution in [2.75, 3.05) is 19.8 Å². The highest BCUT2D eigenvalue weighted by Crippen LogP contribution is 2.66. The quantitative estimate of drug-likeness (QED) is 0.301. The Morgan fingerprint density at radius 3 is 2.38 bits per heavy atom. The zero-order valence-electron chi connectivity index (χ0n) is 26.3. The van der Waals surface area contributed by atoms with Crippen molar-refractivity contribution in [3.05, 3.63) is 61.2 Å². The van der Waals surface area contributed by atoms with Crippen molar-refractivity contribution in [1.82, 2.24) is 9.80 Å². The third-order valence-corrected chi connectivity index (χ3v) is 9.55. The molecule has 0 radical (unpaired) electrons. The van der Waals surface area contributed by atoms with Crippen molar-refractivity contribution >= 4 is 17.8 Å². The smallest absolute Gasteiger partial charge is 0.313 e. The van der Waals surface area contributed by atoms with Crippen LogP contribution in [0.3, 0.4) is 0 Å². The normalized spacial score (nSPS) is 31.0. The van der Waals surface area contributed by atoms with E-state index in [9.17, 15) is 14.7 Å². The molecule has 3 unspecified atom stereocenters. The maximum atomic E-state index is 15.1. The van der Waals surface area contributed by atoms with E-state index in [1.807, 2.05) is 58.0 Å². The molecular weight excluding hydrogens is 532 g/mol. The van der Waals surface area contributed by atoms with Gasteiger partial charge in [0, 0.05) is 12.1 Å². The van der Waals surface area contributed by atoms with Gasteiger partial charge in [0.2, 0.25) is 11.8 Å². The molecule has 8 heteroatoms. The molecule has 3 fully saturated rings. The number of benzene rings is 1. The number of likely N-dealkylation sites (tertiary alicyclic amines) is 1. The zero-order chi connectivity index (χ0) is 31.3. The van der Waals surface area contributed by atoms with Crippen LogP contribution in [0.25, 0.3) is 0 Å². The highest BCUT2D eigenvalue weighted by molar-refractivity contribution is 5.99. The van der Waals surface area contributed by atoms with Crippen LogP contribution in [0.15, 0.2) is 55.6 Å². The minimum atomic E-state index is -1.26. The van der Waals surface area contributed by atoms with E-state index in [1.54, 1.807) is 11.0 Å². The minimum absolute atomic E-state index is 0.0111. The fraction of sp³-hybridized carbons (Fsp3) is 0.618. The molecule has 0 saturated carbocycles. The summed E-state index contributed by atoms with van der Waals surface area (Å²) < 4.78 is 12.4. The van der Waals surface area contributed by atoms with Gasteiger partial charge in [-0.05, 0) is 50.5 Å². The number of hydrogen-bond donors (Lipinski definition) is 1. The molecule has 8 nitrogen and oxygen atoms in total. The molecule has 3 saturated heterocycles. The number of ether oxygens (including phenoxy) is 2. The molecule has 2 amide bonds. The Bertz CT molecular complexity index is 1220. The molecule has 42 heavy (non-hydrogen) atoms. The summed E-state index contributed by atoms with van der Waals surface area (Å²) in [6.07, 6.45) is 4.31. The summed E-state index contributed by atoms with van der Waals surface area (Å²) in [6.45, 7) is 21.8. The van der Waals surface area contributed by atoms with Gasteiger partial charge in [-0.3, -0.25) is 14.4 Å². The van der Waals surface area contributed by atoms with E-state index in [1.165, 1.54) is 11.0 Å². The molecule has 1 N–H and O–H groups in total. The van der Waals surface area contributed by atoms with E-state index in [0.717, 1.165) is 0 Å². The number of hydrogen-bond acceptors (Lipinski definition) is 6. The second-order valence-electron chi connectivity index (χ2n) is 14.3. The molecule has 4 rings (SSSR count). The van der Waals surface area contributed by atoms with Gasteiger partial charge < -0.3 is 24.4 Å². The SMILES string of the molecule is C=CCOC(=O)[C@@H]1[C@H]2C(=O)N([C@H](CO)c3ccccc3)C(C(=O)N(CC=C)C(C)(C)CC(C)(C)C)C23CC(C)[C@@]1(C)O3. The Balaban J connectivity index is 1.91. The number of rotatable bonds is 11. The van der Waals surface area contributed by atoms with Gasteiger partial charge in [-0.15, -0.1) is 6.58 Å². The van der Waals surface area contributed by atoms with Gasteiger partial charge in [0.05, 0.1) is 24.2 Å². The number of nitrogens with zero attached hydrogens (tertiary/aromatic N) is 2. The van der Waals surface area contributed by atoms with Crippen LogP contribution in [0, 0.1) is 23.2 Å². The Labute approximate surface area is 250 Å². The topological polar surface area (TPSA) is 96.4 Å². The summed E-state index contributed by atoms with van der Waals surface area (Å²) in [5, 5.41) is 10.8. The predicted molar refractivity (Wildman–Crippen MR) is 161 cm³/mol. The van der Waals surface area contributed by atoms with Crippen molar-refractivity contribution in [3.63, 3.8) is 0 Å². The Kier molecular flexibility index (Phi) is 8.57. The van der Waals surface area contributed by atoms with Gasteiger partial charge in [0.25, 0.3) is 0 Å². The first kappa shape index (κ1) is 32.0. The number of aliphatic hydroxyl groups excluding tert-OH is 1. The molecule has 0 aromatic heterocycles. The molecular formula is C34H48N2O6. The Morgan fingerprint density at radius 1 is 1.19 bits per heavy atom. The van der Waals surface area contributed by atoms with Crippen LogP contribution in [-0.2, 0) is 23.9 Å². The predicted octanol–water partition coefficient (Wildman–Crippen LogP) is 4.69. The monoisotopic (exact) mass is 580 g/mol. The summed E-state index contributed by atoms with van der Waals surface area (Å²) >= 11 is 0. The van der Waals surface area contributed by atoms with Crippen LogP contribution in [0.2, 0.25) is 0 Å². The van der Waals surface area contributed by atoms with Crippen LogP contribution in [0.1, 0.15) is 72.9 Å². The van der Waals surface area contributed by atoms with Crippen molar-refractivity contribution in [3.8, 4) is 0 Å². The van der Waals surface area contributed by atoms with Gasteiger partial charge in [-0.2, -0.15) is 0 Å². The van der Waals surface area contributed by atoms with Crippen LogP contribution in [0.4, 0.5) is 0 Å². The molecule has 230 valence electrons. The second-order valence-corrected chi connectivity index (χ2v) is 14.3. The lowest BCUT2D eigenvalue weighted by Crippen LogP contribution is -2.61.